The van der Waals surface area contributed by atoms with E-state index in [0.29, 0.717) is 0 Å². The molecule has 0 amide bonds. The molecule has 54 heavy (non-hydrogen) atoms. The fraction of sp³-hybridized carbons (Fsp3) is 1.00. The van der Waals surface area contributed by atoms with Crippen molar-refractivity contribution in [3.05, 3.63) is 0 Å². The third-order valence-corrected chi connectivity index (χ3v) is 12.3. The molecule has 0 rings (SSSR count). The summed E-state index contributed by atoms with van der Waals surface area (Å²) < 4.78 is 15.2. The lowest BCUT2D eigenvalue weighted by molar-refractivity contribution is 0.193. The summed E-state index contributed by atoms with van der Waals surface area (Å²) in [6.45, 7) is 8.78. The quantitative estimate of drug-likeness (QED) is 0.0475. The molecule has 0 radical (unpaired) electrons. The maximum atomic E-state index is 10.7. The van der Waals surface area contributed by atoms with E-state index in [2.05, 4.69) is 23.3 Å². The maximum absolute atomic E-state index is 10.7. The Kier molecular flexibility index (Phi) is 45.8. The number of nitrogens with zero attached hydrogens (tertiary/aromatic N) is 1. The van der Waals surface area contributed by atoms with Gasteiger partial charge in [-0.2, -0.15) is 0 Å². The monoisotopic (exact) mass is 786 g/mol. The molecule has 6 heteroatoms. The lowest BCUT2D eigenvalue weighted by Crippen LogP contribution is -2.27. The largest absolute Gasteiger partial charge is 0.469 e. The van der Waals surface area contributed by atoms with Crippen LogP contribution in [0.15, 0.2) is 0 Å². The molecule has 0 heterocycles. The van der Waals surface area contributed by atoms with Crippen LogP contribution in [0.3, 0.4) is 0 Å². The zero-order chi connectivity index (χ0) is 39.3. The van der Waals surface area contributed by atoms with Crippen molar-refractivity contribution in [1.29, 1.82) is 0 Å². The summed E-state index contributed by atoms with van der Waals surface area (Å²) in [5.74, 6) is 0. The summed E-state index contributed by atoms with van der Waals surface area (Å²) in [6, 6.07) is 0. The van der Waals surface area contributed by atoms with Crippen molar-refractivity contribution in [3.63, 3.8) is 0 Å². The SMILES string of the molecule is CCCCCCCCCCCCCCCCN(CCCCCCCCCCCCCCCC)CCCCCCCCCCCCCCCCOP(=O)(O)O. The van der Waals surface area contributed by atoms with Gasteiger partial charge in [0.2, 0.25) is 0 Å². The molecule has 0 aliphatic rings. The first-order valence-corrected chi connectivity index (χ1v) is 26.4. The Morgan fingerprint density at radius 3 is 0.704 bits per heavy atom. The first-order valence-electron chi connectivity index (χ1n) is 24.9. The smallest absolute Gasteiger partial charge is 0.303 e. The summed E-state index contributed by atoms with van der Waals surface area (Å²) in [5, 5.41) is 0. The Bertz CT molecular complexity index is 700. The van der Waals surface area contributed by atoms with Gasteiger partial charge in [0.15, 0.2) is 0 Å². The molecule has 0 aliphatic carbocycles. The molecule has 0 unspecified atom stereocenters. The number of hydrogen-bond acceptors (Lipinski definition) is 3. The van der Waals surface area contributed by atoms with Crippen molar-refractivity contribution < 1.29 is 18.9 Å². The number of phosphoric ester groups is 1. The maximum Gasteiger partial charge on any atom is 0.469 e. The van der Waals surface area contributed by atoms with Gasteiger partial charge in [0.05, 0.1) is 6.61 Å². The molecule has 0 saturated carbocycles. The van der Waals surface area contributed by atoms with Crippen LogP contribution in [0.2, 0.25) is 0 Å². The molecule has 0 aromatic rings. The van der Waals surface area contributed by atoms with Crippen LogP contribution in [0.1, 0.15) is 284 Å². The van der Waals surface area contributed by atoms with Crippen molar-refractivity contribution in [3.8, 4) is 0 Å². The van der Waals surface area contributed by atoms with Gasteiger partial charge in [-0.3, -0.25) is 4.52 Å². The first-order chi connectivity index (χ1) is 26.5. The van der Waals surface area contributed by atoms with Crippen molar-refractivity contribution >= 4 is 7.82 Å². The van der Waals surface area contributed by atoms with Gasteiger partial charge in [-0.15, -0.1) is 0 Å². The molecule has 326 valence electrons. The van der Waals surface area contributed by atoms with Gasteiger partial charge in [0.1, 0.15) is 0 Å². The Morgan fingerprint density at radius 2 is 0.500 bits per heavy atom. The number of hydrogen-bond donors (Lipinski definition) is 2. The highest BCUT2D eigenvalue weighted by atomic mass is 31.2. The van der Waals surface area contributed by atoms with Crippen molar-refractivity contribution in [2.45, 2.75) is 284 Å². The van der Waals surface area contributed by atoms with Crippen LogP contribution in [0.4, 0.5) is 0 Å². The minimum Gasteiger partial charge on any atom is -0.303 e. The molecule has 0 saturated heterocycles. The van der Waals surface area contributed by atoms with Crippen molar-refractivity contribution in [2.24, 2.45) is 0 Å². The second-order valence-electron chi connectivity index (χ2n) is 17.3. The minimum atomic E-state index is -4.29. The number of rotatable bonds is 48. The lowest BCUT2D eigenvalue weighted by atomic mass is 10.0. The zero-order valence-corrected chi connectivity index (χ0v) is 38.0. The van der Waals surface area contributed by atoms with Crippen LogP contribution < -0.4 is 0 Å². The molecule has 0 atom stereocenters. The standard InChI is InChI=1S/C48H100NO4P/c1-3-5-7-9-11-13-15-17-21-25-29-33-37-41-45-49(46-42-38-34-30-26-22-18-16-14-12-10-8-6-4-2)47-43-39-35-31-27-23-19-20-24-28-32-36-40-44-48-53-54(50,51)52/h3-48H2,1-2H3,(H2,50,51,52). The van der Waals surface area contributed by atoms with Gasteiger partial charge < -0.3 is 14.7 Å². The Labute approximate surface area is 340 Å². The second kappa shape index (κ2) is 45.8. The highest BCUT2D eigenvalue weighted by Gasteiger charge is 2.12. The summed E-state index contributed by atoms with van der Waals surface area (Å²) in [5.41, 5.74) is 0. The van der Waals surface area contributed by atoms with E-state index >= 15 is 0 Å². The summed E-state index contributed by atoms with van der Waals surface area (Å²) in [7, 11) is -4.29. The molecular formula is C48H100NO4P. The Morgan fingerprint density at radius 1 is 0.315 bits per heavy atom. The topological polar surface area (TPSA) is 70.0 Å². The summed E-state index contributed by atoms with van der Waals surface area (Å²) in [4.78, 5) is 20.3. The normalized spacial score (nSPS) is 12.1. The van der Waals surface area contributed by atoms with Gasteiger partial charge >= 0.3 is 7.82 Å². The minimum absolute atomic E-state index is 0.168. The third-order valence-electron chi connectivity index (χ3n) is 11.8. The van der Waals surface area contributed by atoms with E-state index < -0.39 is 7.82 Å². The van der Waals surface area contributed by atoms with Crippen LogP contribution in [-0.4, -0.2) is 40.9 Å². The Balaban J connectivity index is 3.94. The predicted molar refractivity (Wildman–Crippen MR) is 240 cm³/mol. The molecular weight excluding hydrogens is 686 g/mol. The molecule has 0 aromatic heterocycles. The van der Waals surface area contributed by atoms with Crippen LogP contribution in [0.25, 0.3) is 0 Å². The van der Waals surface area contributed by atoms with Crippen LogP contribution in [0.5, 0.6) is 0 Å². The van der Waals surface area contributed by atoms with Crippen LogP contribution in [-0.2, 0) is 9.09 Å². The van der Waals surface area contributed by atoms with Gasteiger partial charge in [0, 0.05) is 0 Å². The third kappa shape index (κ3) is 48.2. The molecule has 0 aliphatic heterocycles. The average Bonchev–Trinajstić information content (AvgIpc) is 3.15. The van der Waals surface area contributed by atoms with Crippen LogP contribution >= 0.6 is 7.82 Å². The molecule has 0 bridgehead atoms. The fourth-order valence-electron chi connectivity index (χ4n) is 8.14. The van der Waals surface area contributed by atoms with E-state index in [1.807, 2.05) is 0 Å². The predicted octanol–water partition coefficient (Wildman–Crippen LogP) is 16.8. The zero-order valence-electron chi connectivity index (χ0n) is 37.1. The van der Waals surface area contributed by atoms with Crippen molar-refractivity contribution in [2.75, 3.05) is 26.2 Å². The second-order valence-corrected chi connectivity index (χ2v) is 18.5. The molecule has 5 nitrogen and oxygen atoms in total. The molecule has 0 fully saturated rings. The highest BCUT2D eigenvalue weighted by molar-refractivity contribution is 7.46. The van der Waals surface area contributed by atoms with Crippen LogP contribution in [0, 0.1) is 0 Å². The number of unbranched alkanes of at least 4 members (excludes halogenated alkanes) is 39. The van der Waals surface area contributed by atoms with Crippen molar-refractivity contribution in [1.82, 2.24) is 4.90 Å². The average molecular weight is 786 g/mol. The van der Waals surface area contributed by atoms with E-state index in [0.717, 1.165) is 19.3 Å². The van der Waals surface area contributed by atoms with E-state index in [1.165, 1.54) is 270 Å². The first kappa shape index (κ1) is 54.1. The van der Waals surface area contributed by atoms with Gasteiger partial charge in [-0.1, -0.05) is 258 Å². The molecule has 2 N–H and O–H groups in total. The van der Waals surface area contributed by atoms with E-state index in [1.54, 1.807) is 0 Å². The highest BCUT2D eigenvalue weighted by Crippen LogP contribution is 2.35. The summed E-state index contributed by atoms with van der Waals surface area (Å²) >= 11 is 0. The summed E-state index contributed by atoms with van der Waals surface area (Å²) in [6.07, 6.45) is 58.3. The van der Waals surface area contributed by atoms with E-state index in [4.69, 9.17) is 9.79 Å². The van der Waals surface area contributed by atoms with E-state index in [9.17, 15) is 4.57 Å². The van der Waals surface area contributed by atoms with E-state index in [-0.39, 0.29) is 6.61 Å². The van der Waals surface area contributed by atoms with Gasteiger partial charge in [-0.05, 0) is 45.3 Å². The molecule has 0 spiro atoms. The number of phosphoric acid groups is 1. The Hall–Kier alpha value is 0.0700. The van der Waals surface area contributed by atoms with Gasteiger partial charge in [-0.25, -0.2) is 4.57 Å². The molecule has 0 aromatic carbocycles. The van der Waals surface area contributed by atoms with Gasteiger partial charge in [0.25, 0.3) is 0 Å². The lowest BCUT2D eigenvalue weighted by Gasteiger charge is -2.22. The fourth-order valence-corrected chi connectivity index (χ4v) is 8.50.